The Morgan fingerprint density at radius 3 is 2.17 bits per heavy atom. The number of rotatable bonds is 6. The van der Waals surface area contributed by atoms with Gasteiger partial charge < -0.3 is 15.4 Å². The first-order chi connectivity index (χ1) is 10.8. The third-order valence-corrected chi connectivity index (χ3v) is 2.87. The molecular weight excluding hydrogens is 292 g/mol. The number of unbranched alkanes of at least 4 members (excludes halogenated alkanes) is 1. The van der Waals surface area contributed by atoms with Gasteiger partial charge in [0.25, 0.3) is 5.91 Å². The van der Waals surface area contributed by atoms with Crippen LogP contribution in [0, 0.1) is 12.3 Å². The van der Waals surface area contributed by atoms with Gasteiger partial charge in [0.1, 0.15) is 5.60 Å². The highest BCUT2D eigenvalue weighted by Gasteiger charge is 2.15. The van der Waals surface area contributed by atoms with E-state index in [4.69, 9.17) is 11.2 Å². The van der Waals surface area contributed by atoms with Gasteiger partial charge in [-0.2, -0.15) is 0 Å². The maximum Gasteiger partial charge on any atom is 0.407 e. The summed E-state index contributed by atoms with van der Waals surface area (Å²) in [5.41, 5.74) is 0.832. The fraction of sp³-hybridized carbons (Fsp3) is 0.444. The van der Waals surface area contributed by atoms with E-state index in [1.165, 1.54) is 0 Å². The van der Waals surface area contributed by atoms with E-state index in [1.54, 1.807) is 24.3 Å². The van der Waals surface area contributed by atoms with Gasteiger partial charge in [-0.15, -0.1) is 6.42 Å². The number of terminal acetylenes is 1. The monoisotopic (exact) mass is 316 g/mol. The van der Waals surface area contributed by atoms with Crippen LogP contribution in [0.15, 0.2) is 24.3 Å². The van der Waals surface area contributed by atoms with Gasteiger partial charge in [-0.25, -0.2) is 4.79 Å². The maximum absolute atomic E-state index is 11.9. The summed E-state index contributed by atoms with van der Waals surface area (Å²) < 4.78 is 5.13. The Bertz CT molecular complexity index is 565. The summed E-state index contributed by atoms with van der Waals surface area (Å²) in [7, 11) is 0. The minimum absolute atomic E-state index is 0.131. The van der Waals surface area contributed by atoms with Crippen LogP contribution in [-0.2, 0) is 4.74 Å². The van der Waals surface area contributed by atoms with Gasteiger partial charge >= 0.3 is 6.09 Å². The zero-order valence-corrected chi connectivity index (χ0v) is 13.9. The number of carbonyl (C=O) groups excluding carboxylic acids is 2. The zero-order valence-electron chi connectivity index (χ0n) is 13.9. The second-order valence-corrected chi connectivity index (χ2v) is 6.11. The van der Waals surface area contributed by atoms with Gasteiger partial charge in [0.05, 0.1) is 0 Å². The van der Waals surface area contributed by atoms with Crippen LogP contribution in [0.4, 0.5) is 4.79 Å². The molecule has 0 atom stereocenters. The van der Waals surface area contributed by atoms with E-state index in [-0.39, 0.29) is 5.91 Å². The van der Waals surface area contributed by atoms with Crippen LogP contribution in [0.3, 0.4) is 0 Å². The number of carbonyl (C=O) groups is 2. The summed E-state index contributed by atoms with van der Waals surface area (Å²) in [6.45, 7) is 6.52. The fourth-order valence-electron chi connectivity index (χ4n) is 1.78. The van der Waals surface area contributed by atoms with Crippen molar-refractivity contribution in [1.82, 2.24) is 10.6 Å². The van der Waals surface area contributed by atoms with Crippen LogP contribution < -0.4 is 10.6 Å². The predicted molar refractivity (Wildman–Crippen MR) is 90.2 cm³/mol. The molecule has 0 saturated carbocycles. The van der Waals surface area contributed by atoms with Gasteiger partial charge in [0, 0.05) is 24.2 Å². The Kier molecular flexibility index (Phi) is 7.14. The largest absolute Gasteiger partial charge is 0.444 e. The molecule has 0 unspecified atom stereocenters. The molecule has 0 saturated heterocycles. The van der Waals surface area contributed by atoms with Crippen LogP contribution in [-0.4, -0.2) is 30.7 Å². The molecule has 5 nitrogen and oxygen atoms in total. The molecule has 0 bridgehead atoms. The molecule has 0 aliphatic rings. The highest BCUT2D eigenvalue weighted by atomic mass is 16.6. The Hall–Kier alpha value is -2.48. The normalized spacial score (nSPS) is 10.5. The highest BCUT2D eigenvalue weighted by molar-refractivity contribution is 5.94. The van der Waals surface area contributed by atoms with Crippen LogP contribution in [0.25, 0.3) is 0 Å². The topological polar surface area (TPSA) is 67.4 Å². The molecule has 2 N–H and O–H groups in total. The quantitative estimate of drug-likeness (QED) is 0.626. The van der Waals surface area contributed by atoms with E-state index >= 15 is 0 Å². The SMILES string of the molecule is C#Cc1ccc(C(=O)NCCCCNC(=O)OC(C)(C)C)cc1. The predicted octanol–water partition coefficient (Wildman–Crippen LogP) is 2.70. The van der Waals surface area contributed by atoms with Gasteiger partial charge in [0.2, 0.25) is 0 Å². The van der Waals surface area contributed by atoms with Gasteiger partial charge in [0.15, 0.2) is 0 Å². The third kappa shape index (κ3) is 7.91. The Labute approximate surface area is 137 Å². The van der Waals surface area contributed by atoms with Crippen molar-refractivity contribution in [2.75, 3.05) is 13.1 Å². The van der Waals surface area contributed by atoms with Gasteiger partial charge in [-0.1, -0.05) is 5.92 Å². The summed E-state index contributed by atoms with van der Waals surface area (Å²) >= 11 is 0. The van der Waals surface area contributed by atoms with E-state index in [9.17, 15) is 9.59 Å². The molecule has 5 heteroatoms. The molecule has 1 rings (SSSR count). The minimum Gasteiger partial charge on any atom is -0.444 e. The first-order valence-corrected chi connectivity index (χ1v) is 7.63. The molecule has 0 radical (unpaired) electrons. The van der Waals surface area contributed by atoms with Crippen LogP contribution in [0.2, 0.25) is 0 Å². The van der Waals surface area contributed by atoms with Crippen molar-refractivity contribution in [3.63, 3.8) is 0 Å². The number of benzene rings is 1. The number of nitrogens with one attached hydrogen (secondary N) is 2. The van der Waals surface area contributed by atoms with Crippen LogP contribution in [0.5, 0.6) is 0 Å². The average molecular weight is 316 g/mol. The number of alkyl carbamates (subject to hydrolysis) is 1. The Morgan fingerprint density at radius 1 is 1.09 bits per heavy atom. The fourth-order valence-corrected chi connectivity index (χ4v) is 1.78. The lowest BCUT2D eigenvalue weighted by Gasteiger charge is -2.19. The molecule has 2 amide bonds. The van der Waals surface area contributed by atoms with Crippen molar-refractivity contribution in [2.24, 2.45) is 0 Å². The van der Waals surface area contributed by atoms with E-state index in [1.807, 2.05) is 20.8 Å². The molecule has 0 aliphatic heterocycles. The van der Waals surface area contributed by atoms with Crippen molar-refractivity contribution in [1.29, 1.82) is 0 Å². The van der Waals surface area contributed by atoms with Gasteiger partial charge in [-0.05, 0) is 57.9 Å². The number of hydrogen-bond acceptors (Lipinski definition) is 3. The summed E-state index contributed by atoms with van der Waals surface area (Å²) in [6, 6.07) is 6.88. The van der Waals surface area contributed by atoms with Crippen molar-refractivity contribution < 1.29 is 14.3 Å². The Morgan fingerprint density at radius 2 is 1.65 bits per heavy atom. The molecule has 0 aromatic heterocycles. The van der Waals surface area contributed by atoms with Crippen molar-refractivity contribution in [2.45, 2.75) is 39.2 Å². The summed E-state index contributed by atoms with van der Waals surface area (Å²) in [5, 5.41) is 5.51. The molecule has 0 aliphatic carbocycles. The zero-order chi connectivity index (χ0) is 17.3. The van der Waals surface area contributed by atoms with Crippen LogP contribution in [0.1, 0.15) is 49.5 Å². The summed E-state index contributed by atoms with van der Waals surface area (Å²) in [6.07, 6.45) is 6.37. The molecule has 124 valence electrons. The van der Waals surface area contributed by atoms with E-state index in [0.29, 0.717) is 18.7 Å². The van der Waals surface area contributed by atoms with Crippen molar-refractivity contribution >= 4 is 12.0 Å². The molecule has 23 heavy (non-hydrogen) atoms. The molecule has 0 heterocycles. The Balaban J connectivity index is 2.16. The minimum atomic E-state index is -0.493. The highest BCUT2D eigenvalue weighted by Crippen LogP contribution is 2.06. The second kappa shape index (κ2) is 8.84. The number of ether oxygens (including phenoxy) is 1. The average Bonchev–Trinajstić information content (AvgIpc) is 2.48. The van der Waals surface area contributed by atoms with Crippen molar-refractivity contribution in [3.05, 3.63) is 35.4 Å². The van der Waals surface area contributed by atoms with Gasteiger partial charge in [-0.3, -0.25) is 4.79 Å². The lowest BCUT2D eigenvalue weighted by molar-refractivity contribution is 0.0526. The van der Waals surface area contributed by atoms with E-state index in [0.717, 1.165) is 18.4 Å². The number of hydrogen-bond donors (Lipinski definition) is 2. The standard InChI is InChI=1S/C18H24N2O3/c1-5-14-8-10-15(11-9-14)16(21)19-12-6-7-13-20-17(22)23-18(2,3)4/h1,8-11H,6-7,12-13H2,2-4H3,(H,19,21)(H,20,22). The third-order valence-electron chi connectivity index (χ3n) is 2.87. The smallest absolute Gasteiger partial charge is 0.407 e. The number of amides is 2. The lowest BCUT2D eigenvalue weighted by atomic mass is 10.1. The molecule has 1 aromatic carbocycles. The lowest BCUT2D eigenvalue weighted by Crippen LogP contribution is -2.33. The first kappa shape index (κ1) is 18.6. The summed E-state index contributed by atoms with van der Waals surface area (Å²) in [5.74, 6) is 2.38. The van der Waals surface area contributed by atoms with Crippen LogP contribution >= 0.6 is 0 Å². The first-order valence-electron chi connectivity index (χ1n) is 7.63. The maximum atomic E-state index is 11.9. The second-order valence-electron chi connectivity index (χ2n) is 6.11. The molecular formula is C18H24N2O3. The molecule has 1 aromatic rings. The van der Waals surface area contributed by atoms with Crippen molar-refractivity contribution in [3.8, 4) is 12.3 Å². The molecule has 0 fully saturated rings. The molecule has 0 spiro atoms. The summed E-state index contributed by atoms with van der Waals surface area (Å²) in [4.78, 5) is 23.3. The van der Waals surface area contributed by atoms with E-state index in [2.05, 4.69) is 16.6 Å². The van der Waals surface area contributed by atoms with E-state index < -0.39 is 11.7 Å².